The van der Waals surface area contributed by atoms with E-state index in [4.69, 9.17) is 4.74 Å². The van der Waals surface area contributed by atoms with Crippen LogP contribution in [0.3, 0.4) is 0 Å². The summed E-state index contributed by atoms with van der Waals surface area (Å²) in [6, 6.07) is 22.1. The highest BCUT2D eigenvalue weighted by Gasteiger charge is 2.35. The lowest BCUT2D eigenvalue weighted by Gasteiger charge is -2.13. The maximum Gasteiger partial charge on any atom is 0.293 e. The van der Waals surface area contributed by atoms with Crippen LogP contribution in [0.2, 0.25) is 0 Å². The number of amides is 3. The Balaban J connectivity index is 1.48. The Morgan fingerprint density at radius 2 is 1.79 bits per heavy atom. The molecule has 0 aliphatic carbocycles. The number of benzene rings is 3. The Labute approximate surface area is 210 Å². The molecule has 1 aliphatic rings. The van der Waals surface area contributed by atoms with Crippen molar-refractivity contribution in [2.24, 2.45) is 0 Å². The van der Waals surface area contributed by atoms with Crippen molar-refractivity contribution in [3.63, 3.8) is 0 Å². The zero-order valence-corrected chi connectivity index (χ0v) is 20.7. The molecule has 0 saturated carbocycles. The van der Waals surface area contributed by atoms with Crippen molar-refractivity contribution in [1.82, 2.24) is 4.90 Å². The number of carbonyl (C=O) groups is 3. The molecule has 3 aromatic rings. The van der Waals surface area contributed by atoms with Crippen LogP contribution in [0.15, 0.2) is 82.2 Å². The van der Waals surface area contributed by atoms with Gasteiger partial charge in [0.15, 0.2) is 6.61 Å². The molecular formula is C26H21BrN2O4S. The second-order valence-electron chi connectivity index (χ2n) is 7.64. The van der Waals surface area contributed by atoms with Crippen LogP contribution in [0.4, 0.5) is 10.5 Å². The Kier molecular flexibility index (Phi) is 7.49. The summed E-state index contributed by atoms with van der Waals surface area (Å²) in [5.41, 5.74) is 3.25. The highest BCUT2D eigenvalue weighted by molar-refractivity contribution is 9.10. The van der Waals surface area contributed by atoms with Gasteiger partial charge in [-0.05, 0) is 60.7 Å². The normalized spacial score (nSPS) is 14.5. The summed E-state index contributed by atoms with van der Waals surface area (Å²) in [6.07, 6.45) is 1.62. The summed E-state index contributed by atoms with van der Waals surface area (Å²) in [5.74, 6) is -0.237. The van der Waals surface area contributed by atoms with Crippen molar-refractivity contribution in [2.45, 2.75) is 13.5 Å². The monoisotopic (exact) mass is 536 g/mol. The first-order chi connectivity index (χ1) is 16.4. The van der Waals surface area contributed by atoms with Crippen molar-refractivity contribution in [2.75, 3.05) is 11.9 Å². The Bertz CT molecular complexity index is 1260. The van der Waals surface area contributed by atoms with Gasteiger partial charge in [0.1, 0.15) is 5.75 Å². The molecule has 0 aromatic heterocycles. The molecule has 8 heteroatoms. The van der Waals surface area contributed by atoms with Crippen LogP contribution >= 0.6 is 27.7 Å². The van der Waals surface area contributed by atoms with Crippen molar-refractivity contribution >= 4 is 56.5 Å². The van der Waals surface area contributed by atoms with Gasteiger partial charge in [-0.15, -0.1) is 0 Å². The molecule has 1 aliphatic heterocycles. The number of anilines is 1. The lowest BCUT2D eigenvalue weighted by molar-refractivity contribution is -0.123. The third-order valence-electron chi connectivity index (χ3n) is 5.01. The highest BCUT2D eigenvalue weighted by atomic mass is 79.9. The summed E-state index contributed by atoms with van der Waals surface area (Å²) in [6.45, 7) is 1.99. The average Bonchev–Trinajstić information content (AvgIpc) is 3.08. The molecule has 1 saturated heterocycles. The second kappa shape index (κ2) is 10.7. The largest absolute Gasteiger partial charge is 0.483 e. The number of para-hydroxylation sites is 1. The molecular weight excluding hydrogens is 516 g/mol. The zero-order valence-electron chi connectivity index (χ0n) is 18.3. The minimum Gasteiger partial charge on any atom is -0.483 e. The first kappa shape index (κ1) is 23.8. The highest BCUT2D eigenvalue weighted by Crippen LogP contribution is 2.35. The van der Waals surface area contributed by atoms with Gasteiger partial charge in [-0.3, -0.25) is 19.3 Å². The quantitative estimate of drug-likeness (QED) is 0.374. The topological polar surface area (TPSA) is 75.7 Å². The number of hydrogen-bond donors (Lipinski definition) is 1. The van der Waals surface area contributed by atoms with Gasteiger partial charge in [-0.1, -0.05) is 64.0 Å². The zero-order chi connectivity index (χ0) is 24.1. The van der Waals surface area contributed by atoms with E-state index in [9.17, 15) is 14.4 Å². The van der Waals surface area contributed by atoms with E-state index in [2.05, 4.69) is 21.2 Å². The smallest absolute Gasteiger partial charge is 0.293 e. The number of nitrogens with one attached hydrogen (secondary N) is 1. The summed E-state index contributed by atoms with van der Waals surface area (Å²) in [4.78, 5) is 39.3. The number of hydrogen-bond acceptors (Lipinski definition) is 5. The first-order valence-electron chi connectivity index (χ1n) is 10.5. The van der Waals surface area contributed by atoms with Crippen LogP contribution < -0.4 is 10.1 Å². The van der Waals surface area contributed by atoms with E-state index < -0.39 is 0 Å². The van der Waals surface area contributed by atoms with E-state index >= 15 is 0 Å². The molecule has 1 fully saturated rings. The Hall–Kier alpha value is -3.36. The number of carbonyl (C=O) groups excluding carboxylic acids is 3. The molecule has 34 heavy (non-hydrogen) atoms. The number of aryl methyl sites for hydroxylation is 1. The number of nitrogens with zero attached hydrogens (tertiary/aromatic N) is 1. The first-order valence-corrected chi connectivity index (χ1v) is 12.1. The van der Waals surface area contributed by atoms with E-state index in [0.717, 1.165) is 27.4 Å². The number of ether oxygens (including phenoxy) is 1. The third-order valence-corrected chi connectivity index (χ3v) is 6.41. The van der Waals surface area contributed by atoms with Gasteiger partial charge in [-0.25, -0.2) is 0 Å². The van der Waals surface area contributed by atoms with Gasteiger partial charge in [0.2, 0.25) is 0 Å². The van der Waals surface area contributed by atoms with Crippen molar-refractivity contribution in [1.29, 1.82) is 0 Å². The molecule has 1 N–H and O–H groups in total. The van der Waals surface area contributed by atoms with E-state index in [-0.39, 0.29) is 30.2 Å². The molecule has 0 atom stereocenters. The molecule has 0 bridgehead atoms. The van der Waals surface area contributed by atoms with E-state index in [0.29, 0.717) is 21.9 Å². The predicted molar refractivity (Wildman–Crippen MR) is 137 cm³/mol. The van der Waals surface area contributed by atoms with Gasteiger partial charge in [-0.2, -0.15) is 0 Å². The molecule has 172 valence electrons. The molecule has 6 nitrogen and oxygen atoms in total. The number of thioether (sulfide) groups is 1. The van der Waals surface area contributed by atoms with Crippen molar-refractivity contribution < 1.29 is 19.1 Å². The van der Waals surface area contributed by atoms with Gasteiger partial charge in [0.25, 0.3) is 17.1 Å². The van der Waals surface area contributed by atoms with Gasteiger partial charge >= 0.3 is 0 Å². The molecule has 0 spiro atoms. The maximum absolute atomic E-state index is 13.0. The molecule has 3 aromatic carbocycles. The lowest BCUT2D eigenvalue weighted by atomic mass is 10.1. The molecule has 4 rings (SSSR count). The van der Waals surface area contributed by atoms with Crippen LogP contribution in [-0.4, -0.2) is 28.6 Å². The minimum atomic E-state index is -0.358. The van der Waals surface area contributed by atoms with Gasteiger partial charge < -0.3 is 10.1 Å². The Morgan fingerprint density at radius 1 is 1.06 bits per heavy atom. The van der Waals surface area contributed by atoms with Crippen molar-refractivity contribution in [3.05, 3.63) is 98.9 Å². The van der Waals surface area contributed by atoms with Crippen LogP contribution in [0.25, 0.3) is 6.08 Å². The second-order valence-corrected chi connectivity index (χ2v) is 9.55. The molecule has 0 radical (unpaired) electrons. The van der Waals surface area contributed by atoms with E-state index in [1.54, 1.807) is 36.4 Å². The minimum absolute atomic E-state index is 0.202. The van der Waals surface area contributed by atoms with E-state index in [1.165, 1.54) is 4.90 Å². The summed E-state index contributed by atoms with van der Waals surface area (Å²) < 4.78 is 6.51. The maximum atomic E-state index is 13.0. The number of imide groups is 1. The summed E-state index contributed by atoms with van der Waals surface area (Å²) >= 11 is 4.31. The average molecular weight is 537 g/mol. The molecule has 0 unspecified atom stereocenters. The lowest BCUT2D eigenvalue weighted by Crippen LogP contribution is -2.27. The molecule has 3 amide bonds. The fraction of sp³-hybridized carbons (Fsp3) is 0.115. The number of halogens is 1. The predicted octanol–water partition coefficient (Wildman–Crippen LogP) is 6.01. The standard InChI is InChI=1S/C26H21BrN2O4S/c1-17-7-9-18(10-8-17)15-29-25(31)23(34-26(29)32)14-19-13-20(27)11-12-22(19)33-16-24(30)28-21-5-3-2-4-6-21/h2-14H,15-16H2,1H3,(H,28,30)/b23-14-. The fourth-order valence-corrected chi connectivity index (χ4v) is 4.49. The summed E-state index contributed by atoms with van der Waals surface area (Å²) in [7, 11) is 0. The number of rotatable bonds is 7. The third kappa shape index (κ3) is 5.95. The van der Waals surface area contributed by atoms with Crippen molar-refractivity contribution in [3.8, 4) is 5.75 Å². The summed E-state index contributed by atoms with van der Waals surface area (Å²) in [5, 5.41) is 2.44. The van der Waals surface area contributed by atoms with Crippen LogP contribution in [-0.2, 0) is 16.1 Å². The van der Waals surface area contributed by atoms with Gasteiger partial charge in [0, 0.05) is 15.7 Å². The van der Waals surface area contributed by atoms with Gasteiger partial charge in [0.05, 0.1) is 11.4 Å². The van der Waals surface area contributed by atoms with Crippen LogP contribution in [0.5, 0.6) is 5.75 Å². The molecule has 1 heterocycles. The Morgan fingerprint density at radius 3 is 2.53 bits per heavy atom. The van der Waals surface area contributed by atoms with Crippen LogP contribution in [0.1, 0.15) is 16.7 Å². The van der Waals surface area contributed by atoms with E-state index in [1.807, 2.05) is 49.4 Å². The van der Waals surface area contributed by atoms with Crippen LogP contribution in [0, 0.1) is 6.92 Å². The SMILES string of the molecule is Cc1ccc(CN2C(=O)S/C(=C\c3cc(Br)ccc3OCC(=O)Nc3ccccc3)C2=O)cc1. The fourth-order valence-electron chi connectivity index (χ4n) is 3.28.